The SMILES string of the molecule is COCCNC(=O)CNC(=O)c1ccc2c(c1)C(=O)c1ccccc1-2. The van der Waals surface area contributed by atoms with Crippen LogP contribution in [0.2, 0.25) is 0 Å². The molecule has 2 aromatic carbocycles. The summed E-state index contributed by atoms with van der Waals surface area (Å²) in [5, 5.41) is 5.17. The Bertz CT molecular complexity index is 845. The third-order valence-electron chi connectivity index (χ3n) is 4.03. The van der Waals surface area contributed by atoms with Gasteiger partial charge >= 0.3 is 0 Å². The van der Waals surface area contributed by atoms with E-state index in [0.29, 0.717) is 29.8 Å². The first-order chi connectivity index (χ1) is 12.1. The largest absolute Gasteiger partial charge is 0.383 e. The van der Waals surface area contributed by atoms with Crippen LogP contribution >= 0.6 is 0 Å². The Balaban J connectivity index is 1.68. The van der Waals surface area contributed by atoms with Gasteiger partial charge in [-0.1, -0.05) is 30.3 Å². The fourth-order valence-electron chi connectivity index (χ4n) is 2.79. The molecule has 0 aromatic heterocycles. The van der Waals surface area contributed by atoms with Crippen LogP contribution < -0.4 is 10.6 Å². The van der Waals surface area contributed by atoms with E-state index < -0.39 is 5.91 Å². The van der Waals surface area contributed by atoms with Crippen molar-refractivity contribution in [3.05, 3.63) is 59.2 Å². The Morgan fingerprint density at radius 2 is 1.68 bits per heavy atom. The number of carbonyl (C=O) groups excluding carboxylic acids is 3. The van der Waals surface area contributed by atoms with Gasteiger partial charge in [-0.2, -0.15) is 0 Å². The van der Waals surface area contributed by atoms with Gasteiger partial charge in [0.05, 0.1) is 13.2 Å². The fraction of sp³-hybridized carbons (Fsp3) is 0.211. The maximum atomic E-state index is 12.5. The normalized spacial score (nSPS) is 11.6. The molecule has 2 amide bonds. The van der Waals surface area contributed by atoms with Crippen LogP contribution in [-0.2, 0) is 9.53 Å². The maximum Gasteiger partial charge on any atom is 0.251 e. The standard InChI is InChI=1S/C19H18N2O4/c1-25-9-8-20-17(22)11-21-19(24)12-6-7-14-13-4-2-3-5-15(13)18(23)16(14)10-12/h2-7,10H,8-9,11H2,1H3,(H,20,22)(H,21,24). The molecule has 1 aliphatic carbocycles. The number of hydrogen-bond acceptors (Lipinski definition) is 4. The fourth-order valence-corrected chi connectivity index (χ4v) is 2.79. The van der Waals surface area contributed by atoms with Crippen molar-refractivity contribution in [3.8, 4) is 11.1 Å². The average molecular weight is 338 g/mol. The van der Waals surface area contributed by atoms with E-state index in [4.69, 9.17) is 4.74 Å². The lowest BCUT2D eigenvalue weighted by atomic mass is 10.0. The summed E-state index contributed by atoms with van der Waals surface area (Å²) in [6, 6.07) is 12.4. The summed E-state index contributed by atoms with van der Waals surface area (Å²) in [5.41, 5.74) is 3.22. The van der Waals surface area contributed by atoms with E-state index in [-0.39, 0.29) is 18.2 Å². The van der Waals surface area contributed by atoms with Crippen LogP contribution in [0, 0.1) is 0 Å². The molecule has 2 N–H and O–H groups in total. The van der Waals surface area contributed by atoms with Crippen molar-refractivity contribution >= 4 is 17.6 Å². The van der Waals surface area contributed by atoms with Crippen molar-refractivity contribution in [2.24, 2.45) is 0 Å². The Morgan fingerprint density at radius 3 is 2.44 bits per heavy atom. The first-order valence-corrected chi connectivity index (χ1v) is 7.94. The van der Waals surface area contributed by atoms with E-state index in [1.54, 1.807) is 31.4 Å². The first-order valence-electron chi connectivity index (χ1n) is 7.94. The predicted octanol–water partition coefficient (Wildman–Crippen LogP) is 1.39. The molecule has 0 saturated heterocycles. The zero-order chi connectivity index (χ0) is 17.8. The number of hydrogen-bond donors (Lipinski definition) is 2. The third kappa shape index (κ3) is 3.44. The lowest BCUT2D eigenvalue weighted by Crippen LogP contribution is -2.38. The molecule has 0 atom stereocenters. The third-order valence-corrected chi connectivity index (χ3v) is 4.03. The highest BCUT2D eigenvalue weighted by Gasteiger charge is 2.27. The molecule has 0 radical (unpaired) electrons. The summed E-state index contributed by atoms with van der Waals surface area (Å²) in [7, 11) is 1.54. The number of fused-ring (bicyclic) bond motifs is 3. The second-order valence-corrected chi connectivity index (χ2v) is 5.66. The van der Waals surface area contributed by atoms with Gasteiger partial charge in [-0.3, -0.25) is 14.4 Å². The number of nitrogens with one attached hydrogen (secondary N) is 2. The molecule has 6 heteroatoms. The number of benzene rings is 2. The highest BCUT2D eigenvalue weighted by Crippen LogP contribution is 2.36. The number of amides is 2. The number of carbonyl (C=O) groups is 3. The van der Waals surface area contributed by atoms with E-state index in [0.717, 1.165) is 11.1 Å². The van der Waals surface area contributed by atoms with Crippen molar-refractivity contribution in [3.63, 3.8) is 0 Å². The van der Waals surface area contributed by atoms with Crippen molar-refractivity contribution in [1.29, 1.82) is 0 Å². The molecule has 0 heterocycles. The van der Waals surface area contributed by atoms with E-state index in [1.165, 1.54) is 0 Å². The van der Waals surface area contributed by atoms with Crippen LogP contribution in [0.3, 0.4) is 0 Å². The molecule has 128 valence electrons. The quantitative estimate of drug-likeness (QED) is 0.665. The second kappa shape index (κ2) is 7.27. The Hall–Kier alpha value is -2.99. The zero-order valence-corrected chi connectivity index (χ0v) is 13.8. The van der Waals surface area contributed by atoms with Gasteiger partial charge in [0.2, 0.25) is 5.91 Å². The summed E-state index contributed by atoms with van der Waals surface area (Å²) >= 11 is 0. The van der Waals surface area contributed by atoms with Crippen LogP contribution in [0.25, 0.3) is 11.1 Å². The minimum atomic E-state index is -0.395. The molecular formula is C19H18N2O4. The molecule has 1 aliphatic rings. The smallest absolute Gasteiger partial charge is 0.251 e. The topological polar surface area (TPSA) is 84.5 Å². The lowest BCUT2D eigenvalue weighted by molar-refractivity contribution is -0.120. The second-order valence-electron chi connectivity index (χ2n) is 5.66. The van der Waals surface area contributed by atoms with Crippen LogP contribution in [-0.4, -0.2) is 44.4 Å². The van der Waals surface area contributed by atoms with Gasteiger partial charge in [0.15, 0.2) is 5.78 Å². The van der Waals surface area contributed by atoms with Crippen LogP contribution in [0.1, 0.15) is 26.3 Å². The van der Waals surface area contributed by atoms with Gasteiger partial charge in [0.1, 0.15) is 0 Å². The molecule has 2 aromatic rings. The number of methoxy groups -OCH3 is 1. The summed E-state index contributed by atoms with van der Waals surface area (Å²) in [5.74, 6) is -0.777. The molecule has 0 bridgehead atoms. The summed E-state index contributed by atoms with van der Waals surface area (Å²) in [4.78, 5) is 36.3. The van der Waals surface area contributed by atoms with Gasteiger partial charge in [-0.15, -0.1) is 0 Å². The van der Waals surface area contributed by atoms with Gasteiger partial charge in [0.25, 0.3) is 5.91 Å². The molecular weight excluding hydrogens is 320 g/mol. The molecule has 0 unspecified atom stereocenters. The van der Waals surface area contributed by atoms with Crippen LogP contribution in [0.5, 0.6) is 0 Å². The van der Waals surface area contributed by atoms with Gasteiger partial charge in [-0.25, -0.2) is 0 Å². The molecule has 6 nitrogen and oxygen atoms in total. The maximum absolute atomic E-state index is 12.5. The number of ketones is 1. The molecule has 3 rings (SSSR count). The van der Waals surface area contributed by atoms with E-state index in [9.17, 15) is 14.4 Å². The number of ether oxygens (including phenoxy) is 1. The average Bonchev–Trinajstić information content (AvgIpc) is 2.92. The monoisotopic (exact) mass is 338 g/mol. The van der Waals surface area contributed by atoms with Gasteiger partial charge in [-0.05, 0) is 23.3 Å². The van der Waals surface area contributed by atoms with Gasteiger partial charge < -0.3 is 15.4 Å². The minimum absolute atomic E-state index is 0.0856. The van der Waals surface area contributed by atoms with Crippen molar-refractivity contribution in [2.45, 2.75) is 0 Å². The molecule has 0 spiro atoms. The van der Waals surface area contributed by atoms with Crippen molar-refractivity contribution in [2.75, 3.05) is 26.8 Å². The van der Waals surface area contributed by atoms with E-state index in [2.05, 4.69) is 10.6 Å². The molecule has 0 aliphatic heterocycles. The Labute approximate surface area is 145 Å². The Morgan fingerprint density at radius 1 is 0.960 bits per heavy atom. The molecule has 25 heavy (non-hydrogen) atoms. The first kappa shape index (κ1) is 16.9. The van der Waals surface area contributed by atoms with Gasteiger partial charge in [0, 0.05) is 30.3 Å². The van der Waals surface area contributed by atoms with Crippen molar-refractivity contribution < 1.29 is 19.1 Å². The summed E-state index contributed by atoms with van der Waals surface area (Å²) < 4.78 is 4.83. The summed E-state index contributed by atoms with van der Waals surface area (Å²) in [6.07, 6.45) is 0. The predicted molar refractivity (Wildman–Crippen MR) is 92.5 cm³/mol. The van der Waals surface area contributed by atoms with E-state index in [1.807, 2.05) is 18.2 Å². The molecule has 0 saturated carbocycles. The van der Waals surface area contributed by atoms with Crippen LogP contribution in [0.15, 0.2) is 42.5 Å². The molecule has 0 fully saturated rings. The highest BCUT2D eigenvalue weighted by molar-refractivity contribution is 6.22. The van der Waals surface area contributed by atoms with E-state index >= 15 is 0 Å². The Kier molecular flexibility index (Phi) is 4.90. The number of rotatable bonds is 6. The summed E-state index contributed by atoms with van der Waals surface area (Å²) in [6.45, 7) is 0.664. The lowest BCUT2D eigenvalue weighted by Gasteiger charge is -2.07. The van der Waals surface area contributed by atoms with Crippen LogP contribution in [0.4, 0.5) is 0 Å². The highest BCUT2D eigenvalue weighted by atomic mass is 16.5. The minimum Gasteiger partial charge on any atom is -0.383 e. The van der Waals surface area contributed by atoms with Crippen molar-refractivity contribution in [1.82, 2.24) is 10.6 Å². The zero-order valence-electron chi connectivity index (χ0n) is 13.8.